The lowest BCUT2D eigenvalue weighted by Crippen LogP contribution is -2.55. The van der Waals surface area contributed by atoms with Crippen LogP contribution in [0.25, 0.3) is 33.3 Å². The SMILES string of the molecule is CO[C@H]1/C=C/O[C@@]2(C)Oc3c4c(O)c5c(=O)c(c6oc7cc(N8CCN(C(=O)OCc9ccc(NC(=O)[C@H](CCCNC(N)=O)NC(=O)[C@@H](NC(=O)CCCCCN%10C(=O)C=CC%10=O)C(C)C)cc9)CC8)ccc7nc-6c5c3C2=O)NC(=O)/C(C)=C\C=C\[C@H](C)[C@H](O)[C@@H](C)[C@@H](O)[C@@H](C)[C@H](OC(C)=O)[C@@]41C. The number of methoxy groups -OCH3 is 1. The van der Waals surface area contributed by atoms with E-state index < -0.39 is 135 Å². The molecule has 10 rings (SSSR count). The quantitative estimate of drug-likeness (QED) is 0.0129. The van der Waals surface area contributed by atoms with Gasteiger partial charge in [0.1, 0.15) is 53.2 Å². The number of anilines is 3. The second-order valence-electron chi connectivity index (χ2n) is 27.9. The number of piperazine rings is 1. The molecule has 3 aromatic carbocycles. The second-order valence-corrected chi connectivity index (χ2v) is 27.9. The Morgan fingerprint density at radius 1 is 0.857 bits per heavy atom. The predicted molar refractivity (Wildman–Crippen MR) is 383 cm³/mol. The zero-order valence-electron chi connectivity index (χ0n) is 60.2. The van der Waals surface area contributed by atoms with Crippen LogP contribution in [0.4, 0.5) is 26.7 Å². The highest BCUT2D eigenvalue weighted by Gasteiger charge is 2.59. The minimum atomic E-state index is -2.15. The second kappa shape index (κ2) is 32.1. The van der Waals surface area contributed by atoms with Gasteiger partial charge in [-0.2, -0.15) is 0 Å². The zero-order valence-corrected chi connectivity index (χ0v) is 60.2. The van der Waals surface area contributed by atoms with Crippen LogP contribution < -0.4 is 47.4 Å². The number of imide groups is 1. The Balaban J connectivity index is 0.860. The van der Waals surface area contributed by atoms with Crippen molar-refractivity contribution in [2.24, 2.45) is 29.4 Å². The number of hydrogen-bond acceptors (Lipinski definition) is 22. The van der Waals surface area contributed by atoms with Crippen molar-refractivity contribution >= 4 is 98.3 Å². The maximum Gasteiger partial charge on any atom is 0.410 e. The van der Waals surface area contributed by atoms with Crippen LogP contribution in [0.15, 0.2) is 100.0 Å². The molecule has 9 amide bonds. The van der Waals surface area contributed by atoms with E-state index in [2.05, 4.69) is 26.6 Å². The Morgan fingerprint density at radius 2 is 1.56 bits per heavy atom. The van der Waals surface area contributed by atoms with Gasteiger partial charge in [0.25, 0.3) is 23.5 Å². The highest BCUT2D eigenvalue weighted by Crippen LogP contribution is 2.58. The highest BCUT2D eigenvalue weighted by atomic mass is 16.7. The summed E-state index contributed by atoms with van der Waals surface area (Å²) in [4.78, 5) is 158. The normalized spacial score (nSPS) is 24.9. The molecule has 7 aliphatic rings. The van der Waals surface area contributed by atoms with Gasteiger partial charge in [-0.1, -0.05) is 71.4 Å². The van der Waals surface area contributed by atoms with Crippen LogP contribution in [0.1, 0.15) is 122 Å². The van der Waals surface area contributed by atoms with Crippen LogP contribution in [0.2, 0.25) is 0 Å². The summed E-state index contributed by atoms with van der Waals surface area (Å²) in [5, 5.41) is 49.9. The largest absolute Gasteiger partial charge is 0.507 e. The topological polar surface area (TPSA) is 417 Å². The molecule has 1 fully saturated rings. The van der Waals surface area contributed by atoms with Crippen LogP contribution in [-0.2, 0) is 64.5 Å². The molecule has 0 aromatic heterocycles. The third-order valence-corrected chi connectivity index (χ3v) is 20.2. The van der Waals surface area contributed by atoms with Crippen molar-refractivity contribution < 1.29 is 91.4 Å². The van der Waals surface area contributed by atoms with E-state index in [0.717, 1.165) is 11.8 Å². The lowest BCUT2D eigenvalue weighted by atomic mass is 9.65. The Morgan fingerprint density at radius 3 is 2.23 bits per heavy atom. The van der Waals surface area contributed by atoms with E-state index >= 15 is 9.59 Å². The molecule has 1 aliphatic carbocycles. The predicted octanol–water partition coefficient (Wildman–Crippen LogP) is 6.23. The minimum absolute atomic E-state index is 0.0811. The summed E-state index contributed by atoms with van der Waals surface area (Å²) in [6, 6.07) is 8.72. The number of primary amides is 1. The number of nitrogens with zero attached hydrogens (tertiary/aromatic N) is 4. The number of phenols is 1. The first-order valence-corrected chi connectivity index (χ1v) is 35.0. The van der Waals surface area contributed by atoms with Crippen molar-refractivity contribution in [3.8, 4) is 23.0 Å². The van der Waals surface area contributed by atoms with Gasteiger partial charge in [-0.25, -0.2) is 14.6 Å². The first-order valence-electron chi connectivity index (χ1n) is 35.0. The summed E-state index contributed by atoms with van der Waals surface area (Å²) in [5.74, 6) is -11.2. The first-order chi connectivity index (χ1) is 49.9. The fourth-order valence-corrected chi connectivity index (χ4v) is 14.2. The van der Waals surface area contributed by atoms with Crippen LogP contribution >= 0.6 is 0 Å². The molecule has 6 aliphatic heterocycles. The average molecular weight is 1450 g/mol. The van der Waals surface area contributed by atoms with E-state index in [1.54, 1.807) is 101 Å². The molecule has 10 N–H and O–H groups in total. The lowest BCUT2D eigenvalue weighted by molar-refractivity contribution is -0.164. The summed E-state index contributed by atoms with van der Waals surface area (Å²) in [6.45, 7) is 15.3. The van der Waals surface area contributed by atoms with Crippen molar-refractivity contribution in [3.05, 3.63) is 118 Å². The lowest BCUT2D eigenvalue weighted by Gasteiger charge is -2.46. The number of urea groups is 1. The number of aliphatic hydroxyl groups excluding tert-OH is 2. The molecule has 3 aromatic rings. The molecule has 0 radical (unpaired) electrons. The van der Waals surface area contributed by atoms with E-state index in [1.807, 2.05) is 4.90 Å². The third-order valence-electron chi connectivity index (χ3n) is 20.2. The molecular weight excluding hydrogens is 1360 g/mol. The minimum Gasteiger partial charge on any atom is -0.507 e. The number of aliphatic hydroxyl groups is 2. The van der Waals surface area contributed by atoms with Gasteiger partial charge in [-0.3, -0.25) is 48.1 Å². The number of benzene rings is 4. The van der Waals surface area contributed by atoms with Crippen LogP contribution in [0.5, 0.6) is 11.5 Å². The van der Waals surface area contributed by atoms with Gasteiger partial charge in [0.2, 0.25) is 23.2 Å². The van der Waals surface area contributed by atoms with E-state index in [0.29, 0.717) is 49.3 Å². The summed E-state index contributed by atoms with van der Waals surface area (Å²) in [5.41, 5.74) is 3.22. The van der Waals surface area contributed by atoms with Crippen molar-refractivity contribution in [2.45, 2.75) is 155 Å². The number of aromatic nitrogens is 1. The zero-order chi connectivity index (χ0) is 76.1. The Kier molecular flexibility index (Phi) is 23.5. The van der Waals surface area contributed by atoms with Crippen LogP contribution in [0.3, 0.4) is 0 Å². The van der Waals surface area contributed by atoms with Gasteiger partial charge in [0.15, 0.2) is 11.3 Å². The fourth-order valence-electron chi connectivity index (χ4n) is 14.2. The van der Waals surface area contributed by atoms with E-state index in [1.165, 1.54) is 51.5 Å². The number of ketones is 1. The molecule has 560 valence electrons. The first kappa shape index (κ1) is 76.9. The van der Waals surface area contributed by atoms with E-state index in [9.17, 15) is 58.5 Å². The van der Waals surface area contributed by atoms with Crippen molar-refractivity contribution in [1.29, 1.82) is 0 Å². The van der Waals surface area contributed by atoms with Crippen LogP contribution in [0, 0.1) is 23.7 Å². The standard InChI is InChI=1S/C75H90N10O20/c1-38(2)58(81-51(87)19-12-11-13-30-85-52(88)26-27-53(85)89)71(97)80-48(18-15-29-77-72(76)98)70(96)78-45-22-20-44(21-23-45)37-101-73(99)84-33-31-83(32-34-84)46-24-25-47-49(36-46)104-66-59(79-47)54-55-63(92)57-65-56(54)67(94)75(9,105-65)102-35-28-50(100-10)74(57,8)68(103-43(7)86)42(6)62(91)41(5)61(90)39(3)16-14-17-40(4)69(95)82-60(66)64(55)93/h14,16-17,20-28,35-36,38-39,41-42,48,50,58,61-62,68,90-92H,11-13,15,18-19,29-34,37H2,1-10H3,(H,78,96)(H,80,97)(H,81,87)(H,82,95)(H3,76,77,98)/b16-14+,35-28+,40-17-/t39-,41+,42+,48-,50-,58-,61-,62+,68-,74+,75-/m0/s1. The number of allylic oxidation sites excluding steroid dienone is 2. The molecule has 0 unspecified atom stereocenters. The summed E-state index contributed by atoms with van der Waals surface area (Å²) in [7, 11) is 1.35. The number of hydrogen-bond donors (Lipinski definition) is 9. The molecule has 30 heteroatoms. The van der Waals surface area contributed by atoms with Gasteiger partial charge in [-0.15, -0.1) is 0 Å². The molecule has 1 saturated heterocycles. The number of phenolic OH excluding ortho intramolecular Hbond substituents is 1. The van der Waals surface area contributed by atoms with Crippen molar-refractivity contribution in [3.63, 3.8) is 0 Å². The number of ether oxygens (including phenoxy) is 5. The third kappa shape index (κ3) is 16.2. The van der Waals surface area contributed by atoms with Crippen molar-refractivity contribution in [1.82, 2.24) is 30.7 Å². The van der Waals surface area contributed by atoms with Gasteiger partial charge in [0, 0.05) is 125 Å². The molecule has 0 saturated carbocycles. The Labute approximate surface area is 605 Å². The maximum atomic E-state index is 15.7. The number of nitrogens with one attached hydrogen (secondary N) is 5. The number of carbonyl (C=O) groups is 10. The molecule has 105 heavy (non-hydrogen) atoms. The summed E-state index contributed by atoms with van der Waals surface area (Å²) in [6.07, 6.45) is 5.69. The molecule has 0 spiro atoms. The maximum absolute atomic E-state index is 15.7. The highest BCUT2D eigenvalue weighted by molar-refractivity contribution is 6.23. The average Bonchev–Trinajstić information content (AvgIpc) is 1.60. The number of nitrogens with two attached hydrogens (primary N) is 1. The number of fused-ring (bicyclic) bond motifs is 7. The van der Waals surface area contributed by atoms with E-state index in [4.69, 9.17) is 38.8 Å². The summed E-state index contributed by atoms with van der Waals surface area (Å²) >= 11 is 0. The van der Waals surface area contributed by atoms with Gasteiger partial charge in [-0.05, 0) is 81.4 Å². The van der Waals surface area contributed by atoms with Crippen molar-refractivity contribution in [2.75, 3.05) is 61.9 Å². The molecule has 5 bridgehead atoms. The number of amides is 9. The van der Waals surface area contributed by atoms with Crippen LogP contribution in [-0.4, -0.2) is 178 Å². The number of unbranched alkanes of at least 4 members (excludes halogenated alkanes) is 2. The van der Waals surface area contributed by atoms with E-state index in [-0.39, 0.29) is 120 Å². The molecule has 11 atom stereocenters. The van der Waals surface area contributed by atoms with Gasteiger partial charge < -0.3 is 85.5 Å². The number of carbonyl (C=O) groups excluding carboxylic acids is 10. The number of esters is 1. The monoisotopic (exact) mass is 1450 g/mol. The number of Topliss-reactive ketones (excluding diaryl/α,β-unsaturated/α-hetero) is 1. The Bertz CT molecular complexity index is 4390. The number of aromatic hydroxyl groups is 1. The smallest absolute Gasteiger partial charge is 0.410 e. The number of rotatable bonds is 21. The molecular formula is C75H90N10O20. The fraction of sp³-hybridized carbons (Fsp3) is 0.467. The molecule has 6 heterocycles. The van der Waals surface area contributed by atoms with Gasteiger partial charge >= 0.3 is 23.9 Å². The summed E-state index contributed by atoms with van der Waals surface area (Å²) < 4.78 is 37.4. The van der Waals surface area contributed by atoms with Gasteiger partial charge in [0.05, 0.1) is 46.5 Å². The Hall–Kier alpha value is -10.7. The molecule has 30 nitrogen and oxygen atoms in total.